The number of rotatable bonds is 3. The quantitative estimate of drug-likeness (QED) is 0.924. The number of nitrogens with zero attached hydrogens (tertiary/aromatic N) is 1. The predicted octanol–water partition coefficient (Wildman–Crippen LogP) is 3.15. The van der Waals surface area contributed by atoms with Crippen LogP contribution in [0.25, 0.3) is 0 Å². The highest BCUT2D eigenvalue weighted by molar-refractivity contribution is 5.39. The highest BCUT2D eigenvalue weighted by Crippen LogP contribution is 2.38. The minimum Gasteiger partial charge on any atom is -0.497 e. The monoisotopic (exact) mass is 288 g/mol. The number of piperidine rings is 1. The van der Waals surface area contributed by atoms with Crippen molar-refractivity contribution in [1.29, 1.82) is 0 Å². The number of hydrogen-bond donors (Lipinski definition) is 1. The first-order valence-corrected chi connectivity index (χ1v) is 8.25. The van der Waals surface area contributed by atoms with Gasteiger partial charge in [0.2, 0.25) is 0 Å². The fraction of sp³-hybridized carbons (Fsp3) is 0.667. The standard InChI is InChI=1S/C18H28N2O/c1-18(19-2)9-11-20(12-10-18)17-6-4-5-14-7-8-15(21-3)13-16(14)17/h7-8,13,17,19H,4-6,9-12H2,1-3H3. The normalized spacial score (nSPS) is 25.4. The van der Waals surface area contributed by atoms with Crippen LogP contribution in [0.5, 0.6) is 5.75 Å². The van der Waals surface area contributed by atoms with Crippen molar-refractivity contribution in [2.24, 2.45) is 0 Å². The van der Waals surface area contributed by atoms with E-state index in [-0.39, 0.29) is 0 Å². The van der Waals surface area contributed by atoms with Crippen molar-refractivity contribution in [3.8, 4) is 5.75 Å². The third-order valence-electron chi connectivity index (χ3n) is 5.58. The van der Waals surface area contributed by atoms with E-state index in [2.05, 4.69) is 42.4 Å². The van der Waals surface area contributed by atoms with E-state index in [1.807, 2.05) is 0 Å². The second kappa shape index (κ2) is 5.98. The Hall–Kier alpha value is -1.06. The lowest BCUT2D eigenvalue weighted by Crippen LogP contribution is -2.50. The third-order valence-corrected chi connectivity index (χ3v) is 5.58. The van der Waals surface area contributed by atoms with Crippen LogP contribution in [-0.2, 0) is 6.42 Å². The summed E-state index contributed by atoms with van der Waals surface area (Å²) in [5.41, 5.74) is 3.35. The second-order valence-electron chi connectivity index (χ2n) is 6.82. The highest BCUT2D eigenvalue weighted by Gasteiger charge is 2.33. The molecule has 1 aliphatic carbocycles. The Kier molecular flexibility index (Phi) is 4.23. The van der Waals surface area contributed by atoms with E-state index in [9.17, 15) is 0 Å². The molecule has 1 atom stereocenters. The third kappa shape index (κ3) is 2.95. The zero-order chi connectivity index (χ0) is 14.9. The first kappa shape index (κ1) is 14.9. The first-order valence-electron chi connectivity index (χ1n) is 8.25. The zero-order valence-electron chi connectivity index (χ0n) is 13.6. The van der Waals surface area contributed by atoms with Gasteiger partial charge < -0.3 is 10.1 Å². The molecule has 2 aliphatic rings. The maximum Gasteiger partial charge on any atom is 0.119 e. The van der Waals surface area contributed by atoms with Crippen LogP contribution in [0.15, 0.2) is 18.2 Å². The average Bonchev–Trinajstić information content (AvgIpc) is 2.54. The summed E-state index contributed by atoms with van der Waals surface area (Å²) in [4.78, 5) is 2.69. The van der Waals surface area contributed by atoms with Crippen molar-refractivity contribution in [3.05, 3.63) is 29.3 Å². The lowest BCUT2D eigenvalue weighted by atomic mass is 9.83. The van der Waals surface area contributed by atoms with Crippen molar-refractivity contribution in [3.63, 3.8) is 0 Å². The van der Waals surface area contributed by atoms with Crippen LogP contribution < -0.4 is 10.1 Å². The van der Waals surface area contributed by atoms with Crippen LogP contribution >= 0.6 is 0 Å². The van der Waals surface area contributed by atoms with Crippen molar-refractivity contribution >= 4 is 0 Å². The SMILES string of the molecule is CNC1(C)CCN(C2CCCc3ccc(OC)cc32)CC1. The molecule has 1 fully saturated rings. The molecule has 1 aromatic carbocycles. The van der Waals surface area contributed by atoms with Crippen LogP contribution in [0.1, 0.15) is 49.8 Å². The van der Waals surface area contributed by atoms with Gasteiger partial charge >= 0.3 is 0 Å². The van der Waals surface area contributed by atoms with E-state index in [1.54, 1.807) is 7.11 Å². The predicted molar refractivity (Wildman–Crippen MR) is 86.9 cm³/mol. The van der Waals surface area contributed by atoms with Crippen molar-refractivity contribution < 1.29 is 4.74 Å². The minimum atomic E-state index is 0.322. The largest absolute Gasteiger partial charge is 0.497 e. The van der Waals surface area contributed by atoms with Gasteiger partial charge in [0.05, 0.1) is 7.11 Å². The number of likely N-dealkylation sites (tertiary alicyclic amines) is 1. The Labute approximate surface area is 128 Å². The van der Waals surface area contributed by atoms with E-state index in [0.717, 1.165) is 5.75 Å². The maximum atomic E-state index is 5.44. The molecule has 1 aromatic rings. The Morgan fingerprint density at radius 1 is 1.29 bits per heavy atom. The molecule has 3 heteroatoms. The number of ether oxygens (including phenoxy) is 1. The van der Waals surface area contributed by atoms with Crippen LogP contribution in [0, 0.1) is 0 Å². The number of benzene rings is 1. The molecule has 1 N–H and O–H groups in total. The van der Waals surface area contributed by atoms with Gasteiger partial charge in [0.15, 0.2) is 0 Å². The molecule has 0 spiro atoms. The van der Waals surface area contributed by atoms with E-state index in [1.165, 1.54) is 56.3 Å². The molecular weight excluding hydrogens is 260 g/mol. The molecule has 0 radical (unpaired) electrons. The molecular formula is C18H28N2O. The summed E-state index contributed by atoms with van der Waals surface area (Å²) in [6.45, 7) is 4.74. The van der Waals surface area contributed by atoms with Crippen molar-refractivity contribution in [1.82, 2.24) is 10.2 Å². The summed E-state index contributed by atoms with van der Waals surface area (Å²) in [7, 11) is 3.86. The molecule has 0 saturated carbocycles. The van der Waals surface area contributed by atoms with Gasteiger partial charge in [0.1, 0.15) is 5.75 Å². The van der Waals surface area contributed by atoms with Crippen LogP contribution in [0.4, 0.5) is 0 Å². The molecule has 1 heterocycles. The van der Waals surface area contributed by atoms with Gasteiger partial charge in [-0.2, -0.15) is 0 Å². The molecule has 1 unspecified atom stereocenters. The lowest BCUT2D eigenvalue weighted by Gasteiger charge is -2.44. The fourth-order valence-electron chi connectivity index (χ4n) is 3.84. The van der Waals surface area contributed by atoms with Crippen LogP contribution in [0.2, 0.25) is 0 Å². The molecule has 0 bridgehead atoms. The van der Waals surface area contributed by atoms with Crippen LogP contribution in [0.3, 0.4) is 0 Å². The smallest absolute Gasteiger partial charge is 0.119 e. The number of hydrogen-bond acceptors (Lipinski definition) is 3. The molecule has 21 heavy (non-hydrogen) atoms. The summed E-state index contributed by atoms with van der Waals surface area (Å²) in [6, 6.07) is 7.23. The van der Waals surface area contributed by atoms with E-state index >= 15 is 0 Å². The average molecular weight is 288 g/mol. The van der Waals surface area contributed by atoms with E-state index < -0.39 is 0 Å². The van der Waals surface area contributed by atoms with Crippen LogP contribution in [-0.4, -0.2) is 37.7 Å². The van der Waals surface area contributed by atoms with Gasteiger partial charge in [-0.05, 0) is 69.3 Å². The summed E-state index contributed by atoms with van der Waals surface area (Å²) in [5, 5.41) is 3.49. The summed E-state index contributed by atoms with van der Waals surface area (Å²) in [5.74, 6) is 0.998. The summed E-state index contributed by atoms with van der Waals surface area (Å²) < 4.78 is 5.44. The topological polar surface area (TPSA) is 24.5 Å². The molecule has 1 saturated heterocycles. The van der Waals surface area contributed by atoms with Gasteiger partial charge in [-0.3, -0.25) is 4.90 Å². The Morgan fingerprint density at radius 2 is 2.05 bits per heavy atom. The Bertz CT molecular complexity index is 492. The highest BCUT2D eigenvalue weighted by atomic mass is 16.5. The zero-order valence-corrected chi connectivity index (χ0v) is 13.6. The Balaban J connectivity index is 1.79. The van der Waals surface area contributed by atoms with Crippen molar-refractivity contribution in [2.75, 3.05) is 27.2 Å². The number of fused-ring (bicyclic) bond motifs is 1. The molecule has 1 aliphatic heterocycles. The first-order chi connectivity index (χ1) is 10.1. The minimum absolute atomic E-state index is 0.322. The number of aryl methyl sites for hydroxylation is 1. The van der Waals surface area contributed by atoms with Gasteiger partial charge in [-0.1, -0.05) is 6.07 Å². The summed E-state index contributed by atoms with van der Waals surface area (Å²) in [6.07, 6.45) is 6.29. The van der Waals surface area contributed by atoms with Gasteiger partial charge in [-0.25, -0.2) is 0 Å². The molecule has 3 nitrogen and oxygen atoms in total. The Morgan fingerprint density at radius 3 is 2.71 bits per heavy atom. The fourth-order valence-corrected chi connectivity index (χ4v) is 3.84. The molecule has 3 rings (SSSR count). The maximum absolute atomic E-state index is 5.44. The van der Waals surface area contributed by atoms with E-state index in [0.29, 0.717) is 11.6 Å². The number of nitrogens with one attached hydrogen (secondary N) is 1. The van der Waals surface area contributed by atoms with E-state index in [4.69, 9.17) is 4.74 Å². The van der Waals surface area contributed by atoms with Gasteiger partial charge in [0.25, 0.3) is 0 Å². The van der Waals surface area contributed by atoms with Gasteiger partial charge in [0, 0.05) is 24.7 Å². The lowest BCUT2D eigenvalue weighted by molar-refractivity contribution is 0.100. The molecule has 0 aromatic heterocycles. The molecule has 0 amide bonds. The molecule has 116 valence electrons. The van der Waals surface area contributed by atoms with Crippen molar-refractivity contribution in [2.45, 2.75) is 50.6 Å². The second-order valence-corrected chi connectivity index (χ2v) is 6.82. The van der Waals surface area contributed by atoms with Gasteiger partial charge in [-0.15, -0.1) is 0 Å². The number of methoxy groups -OCH3 is 1. The summed E-state index contributed by atoms with van der Waals surface area (Å²) >= 11 is 0.